The zero-order chi connectivity index (χ0) is 8.85. The molecule has 0 heterocycles. The molecule has 0 aromatic carbocycles. The smallest absolute Gasteiger partial charge is 0.308 e. The number of carbonyl (C=O) groups is 1. The Morgan fingerprint density at radius 2 is 2.18 bits per heavy atom. The number of hydrogen-bond acceptors (Lipinski definition) is 3. The Hall–Kier alpha value is -0.570. The van der Waals surface area contributed by atoms with Crippen molar-refractivity contribution in [3.8, 4) is 0 Å². The van der Waals surface area contributed by atoms with E-state index in [1.165, 1.54) is 7.11 Å². The van der Waals surface area contributed by atoms with Crippen LogP contribution in [0.15, 0.2) is 0 Å². The summed E-state index contributed by atoms with van der Waals surface area (Å²) in [6, 6.07) is 0. The fourth-order valence-electron chi connectivity index (χ4n) is 0.872. The van der Waals surface area contributed by atoms with Gasteiger partial charge in [0, 0.05) is 0 Å². The minimum absolute atomic E-state index is 0.199. The predicted octanol–water partition coefficient (Wildman–Crippen LogP) is 0.956. The van der Waals surface area contributed by atoms with Crippen molar-refractivity contribution in [3.63, 3.8) is 0 Å². The lowest BCUT2D eigenvalue weighted by molar-refractivity contribution is -0.145. The molecule has 11 heavy (non-hydrogen) atoms. The highest BCUT2D eigenvalue weighted by molar-refractivity contribution is 5.71. The summed E-state index contributed by atoms with van der Waals surface area (Å²) in [7, 11) is 1.36. The van der Waals surface area contributed by atoms with Crippen LogP contribution < -0.4 is 0 Å². The maximum absolute atomic E-state index is 10.8. The van der Waals surface area contributed by atoms with E-state index >= 15 is 0 Å². The number of carbonyl (C=O) groups excluding carboxylic acids is 1. The van der Waals surface area contributed by atoms with Gasteiger partial charge >= 0.3 is 5.97 Å². The van der Waals surface area contributed by atoms with Gasteiger partial charge in [0.1, 0.15) is 0 Å². The van der Waals surface area contributed by atoms with Crippen molar-refractivity contribution in [2.45, 2.75) is 32.8 Å². The van der Waals surface area contributed by atoms with Crippen LogP contribution in [-0.2, 0) is 9.53 Å². The third-order valence-electron chi connectivity index (χ3n) is 1.70. The van der Waals surface area contributed by atoms with E-state index in [-0.39, 0.29) is 18.0 Å². The molecule has 0 radical (unpaired) electrons. The molecule has 0 aliphatic carbocycles. The largest absolute Gasteiger partial charge is 0.469 e. The number of rotatable bonds is 4. The van der Waals surface area contributed by atoms with Gasteiger partial charge in [0.2, 0.25) is 0 Å². The number of hydrogen-bond donors (Lipinski definition) is 1. The Balaban J connectivity index is 3.67. The summed E-state index contributed by atoms with van der Waals surface area (Å²) in [5.74, 6) is -0.451. The minimum Gasteiger partial charge on any atom is -0.469 e. The maximum atomic E-state index is 10.8. The van der Waals surface area contributed by atoms with Gasteiger partial charge in [0.15, 0.2) is 0 Å². The maximum Gasteiger partial charge on any atom is 0.308 e. The van der Waals surface area contributed by atoms with Gasteiger partial charge in [-0.15, -0.1) is 0 Å². The summed E-state index contributed by atoms with van der Waals surface area (Å²) in [5, 5.41) is 9.16. The van der Waals surface area contributed by atoms with Gasteiger partial charge in [-0.2, -0.15) is 0 Å². The average molecular weight is 160 g/mol. The van der Waals surface area contributed by atoms with E-state index in [4.69, 9.17) is 5.11 Å². The van der Waals surface area contributed by atoms with Crippen molar-refractivity contribution in [1.29, 1.82) is 0 Å². The molecule has 3 nitrogen and oxygen atoms in total. The van der Waals surface area contributed by atoms with Crippen LogP contribution in [0, 0.1) is 5.92 Å². The zero-order valence-electron chi connectivity index (χ0n) is 7.33. The van der Waals surface area contributed by atoms with Crippen LogP contribution in [0.5, 0.6) is 0 Å². The molecule has 2 unspecified atom stereocenters. The van der Waals surface area contributed by atoms with E-state index in [1.807, 2.05) is 6.92 Å². The van der Waals surface area contributed by atoms with Crippen molar-refractivity contribution in [1.82, 2.24) is 0 Å². The Morgan fingerprint density at radius 3 is 2.55 bits per heavy atom. The molecule has 2 atom stereocenters. The number of ether oxygens (including phenoxy) is 1. The van der Waals surface area contributed by atoms with E-state index in [0.29, 0.717) is 12.8 Å². The van der Waals surface area contributed by atoms with Crippen LogP contribution in [-0.4, -0.2) is 24.3 Å². The first-order valence-electron chi connectivity index (χ1n) is 3.87. The number of aliphatic hydroxyl groups is 1. The molecular weight excluding hydrogens is 144 g/mol. The summed E-state index contributed by atoms with van der Waals surface area (Å²) in [5.41, 5.74) is 0. The van der Waals surface area contributed by atoms with Crippen LogP contribution >= 0.6 is 0 Å². The van der Waals surface area contributed by atoms with Crippen LogP contribution in [0.3, 0.4) is 0 Å². The molecule has 3 heteroatoms. The van der Waals surface area contributed by atoms with E-state index in [9.17, 15) is 4.79 Å². The lowest BCUT2D eigenvalue weighted by Gasteiger charge is -2.12. The quantitative estimate of drug-likeness (QED) is 0.623. The molecule has 0 aliphatic rings. The van der Waals surface area contributed by atoms with Crippen molar-refractivity contribution >= 4 is 5.97 Å². The molecule has 0 saturated carbocycles. The normalized spacial score (nSPS) is 15.6. The van der Waals surface area contributed by atoms with Crippen LogP contribution in [0.4, 0.5) is 0 Å². The van der Waals surface area contributed by atoms with Gasteiger partial charge in [0.05, 0.1) is 19.1 Å². The third kappa shape index (κ3) is 3.98. The summed E-state index contributed by atoms with van der Waals surface area (Å²) in [6.07, 6.45) is 0.786. The third-order valence-corrected chi connectivity index (χ3v) is 1.70. The second kappa shape index (κ2) is 5.13. The topological polar surface area (TPSA) is 46.5 Å². The monoisotopic (exact) mass is 160 g/mol. The van der Waals surface area contributed by atoms with Gasteiger partial charge < -0.3 is 9.84 Å². The van der Waals surface area contributed by atoms with Gasteiger partial charge in [-0.3, -0.25) is 4.79 Å². The van der Waals surface area contributed by atoms with E-state index in [0.717, 1.165) is 0 Å². The molecule has 0 bridgehead atoms. The number of methoxy groups -OCH3 is 1. The Labute approximate surface area is 67.4 Å². The summed E-state index contributed by atoms with van der Waals surface area (Å²) >= 11 is 0. The van der Waals surface area contributed by atoms with Gasteiger partial charge in [-0.25, -0.2) is 0 Å². The van der Waals surface area contributed by atoms with Crippen molar-refractivity contribution < 1.29 is 14.6 Å². The lowest BCUT2D eigenvalue weighted by Crippen LogP contribution is -2.19. The predicted molar refractivity (Wildman–Crippen MR) is 42.1 cm³/mol. The number of esters is 1. The summed E-state index contributed by atoms with van der Waals surface area (Å²) in [4.78, 5) is 10.8. The summed E-state index contributed by atoms with van der Waals surface area (Å²) < 4.78 is 4.51. The van der Waals surface area contributed by atoms with Gasteiger partial charge in [0.25, 0.3) is 0 Å². The molecule has 1 N–H and O–H groups in total. The van der Waals surface area contributed by atoms with Crippen molar-refractivity contribution in [2.24, 2.45) is 5.92 Å². The van der Waals surface area contributed by atoms with Gasteiger partial charge in [-0.1, -0.05) is 13.8 Å². The first-order valence-corrected chi connectivity index (χ1v) is 3.87. The molecule has 0 amide bonds. The SMILES string of the molecule is CCC(O)CC(C)C(=O)OC. The van der Waals surface area contributed by atoms with Gasteiger partial charge in [-0.05, 0) is 12.8 Å². The Bertz CT molecular complexity index is 123. The second-order valence-electron chi connectivity index (χ2n) is 2.72. The first-order chi connectivity index (χ1) is 5.11. The second-order valence-corrected chi connectivity index (χ2v) is 2.72. The molecular formula is C8H16O3. The molecule has 0 aromatic rings. The molecule has 0 saturated heterocycles. The Morgan fingerprint density at radius 1 is 1.64 bits per heavy atom. The van der Waals surface area contributed by atoms with Crippen LogP contribution in [0.25, 0.3) is 0 Å². The summed E-state index contributed by atoms with van der Waals surface area (Å²) in [6.45, 7) is 3.64. The van der Waals surface area contributed by atoms with Crippen molar-refractivity contribution in [2.75, 3.05) is 7.11 Å². The molecule has 0 aromatic heterocycles. The highest BCUT2D eigenvalue weighted by Crippen LogP contribution is 2.09. The molecule has 66 valence electrons. The molecule has 0 aliphatic heterocycles. The van der Waals surface area contributed by atoms with E-state index < -0.39 is 0 Å². The Kier molecular flexibility index (Phi) is 4.86. The highest BCUT2D eigenvalue weighted by Gasteiger charge is 2.16. The van der Waals surface area contributed by atoms with Crippen molar-refractivity contribution in [3.05, 3.63) is 0 Å². The standard InChI is InChI=1S/C8H16O3/c1-4-7(9)5-6(2)8(10)11-3/h6-7,9H,4-5H2,1-3H3. The number of aliphatic hydroxyl groups excluding tert-OH is 1. The molecule has 0 rings (SSSR count). The fraction of sp³-hybridized carbons (Fsp3) is 0.875. The zero-order valence-corrected chi connectivity index (χ0v) is 7.33. The van der Waals surface area contributed by atoms with E-state index in [2.05, 4.69) is 4.74 Å². The molecule has 0 fully saturated rings. The fourth-order valence-corrected chi connectivity index (χ4v) is 0.872. The average Bonchev–Trinajstić information content (AvgIpc) is 2.02. The highest BCUT2D eigenvalue weighted by atomic mass is 16.5. The first kappa shape index (κ1) is 10.4. The minimum atomic E-state index is -0.385. The lowest BCUT2D eigenvalue weighted by atomic mass is 10.0. The molecule has 0 spiro atoms. The van der Waals surface area contributed by atoms with Crippen LogP contribution in [0.1, 0.15) is 26.7 Å². The van der Waals surface area contributed by atoms with E-state index in [1.54, 1.807) is 6.92 Å². The van der Waals surface area contributed by atoms with Crippen LogP contribution in [0.2, 0.25) is 0 Å².